The Bertz CT molecular complexity index is 268. The van der Waals surface area contributed by atoms with Crippen LogP contribution in [0.4, 0.5) is 0 Å². The van der Waals surface area contributed by atoms with Crippen LogP contribution in [0.25, 0.3) is 5.53 Å². The summed E-state index contributed by atoms with van der Waals surface area (Å²) in [6.45, 7) is 1.34. The van der Waals surface area contributed by atoms with Crippen molar-refractivity contribution >= 4 is 17.5 Å². The molecule has 0 unspecified atom stereocenters. The van der Waals surface area contributed by atoms with Gasteiger partial charge in [0, 0.05) is 13.3 Å². The van der Waals surface area contributed by atoms with Gasteiger partial charge in [0.05, 0.1) is 0 Å². The molecular weight excluding hydrogens is 174 g/mol. The van der Waals surface area contributed by atoms with E-state index in [1.807, 2.05) is 0 Å². The molecule has 6 nitrogen and oxygen atoms in total. The van der Waals surface area contributed by atoms with E-state index in [-0.39, 0.29) is 18.6 Å². The molecule has 0 fully saturated rings. The second kappa shape index (κ2) is 5.18. The lowest BCUT2D eigenvalue weighted by atomic mass is 10.1. The molecule has 0 aromatic heterocycles. The molecule has 0 radical (unpaired) electrons. The number of carboxylic acids is 1. The molecule has 0 aromatic rings. The van der Waals surface area contributed by atoms with Crippen LogP contribution >= 0.6 is 0 Å². The maximum Gasteiger partial charge on any atom is 0.331 e. The number of carbonyl (C=O) groups excluding carboxylic acids is 1. The topological polar surface area (TPSA) is 117 Å². The summed E-state index contributed by atoms with van der Waals surface area (Å²) in [5.74, 6) is -1.55. The van der Waals surface area contributed by atoms with E-state index in [2.05, 4.69) is 4.79 Å². The first kappa shape index (κ1) is 11.5. The molecule has 0 amide bonds. The van der Waals surface area contributed by atoms with Crippen LogP contribution < -0.4 is 5.73 Å². The summed E-state index contributed by atoms with van der Waals surface area (Å²) in [7, 11) is 0. The number of hydrogen-bond acceptors (Lipinski definition) is 3. The van der Waals surface area contributed by atoms with E-state index < -0.39 is 17.8 Å². The molecule has 0 bridgehead atoms. The molecule has 3 N–H and O–H groups in total. The average Bonchev–Trinajstić information content (AvgIpc) is 2.11. The van der Waals surface area contributed by atoms with Crippen LogP contribution in [0.5, 0.6) is 0 Å². The Hall–Kier alpha value is -1.52. The molecule has 0 saturated carbocycles. The van der Waals surface area contributed by atoms with E-state index in [1.54, 1.807) is 0 Å². The summed E-state index contributed by atoms with van der Waals surface area (Å²) in [5, 5.41) is 8.37. The fourth-order valence-corrected chi connectivity index (χ4v) is 0.647. The smallest absolute Gasteiger partial charge is 0.331 e. The largest absolute Gasteiger partial charge is 0.480 e. The number of rotatable bonds is 5. The van der Waals surface area contributed by atoms with Crippen molar-refractivity contribution < 1.29 is 19.5 Å². The average molecular weight is 185 g/mol. The van der Waals surface area contributed by atoms with Gasteiger partial charge in [0.15, 0.2) is 0 Å². The Labute approximate surface area is 75.0 Å². The SMILES string of the molecule is CC(=[N+]=[N-])C(=O)CC[C@H](N)C(=O)O. The first-order valence-corrected chi connectivity index (χ1v) is 3.69. The fraction of sp³-hybridized carbons (Fsp3) is 0.571. The van der Waals surface area contributed by atoms with Gasteiger partial charge in [-0.2, -0.15) is 4.79 Å². The van der Waals surface area contributed by atoms with E-state index in [0.29, 0.717) is 0 Å². The minimum Gasteiger partial charge on any atom is -0.480 e. The van der Waals surface area contributed by atoms with Crippen molar-refractivity contribution in [2.24, 2.45) is 5.73 Å². The van der Waals surface area contributed by atoms with Gasteiger partial charge in [-0.15, -0.1) is 0 Å². The van der Waals surface area contributed by atoms with E-state index in [1.165, 1.54) is 6.92 Å². The van der Waals surface area contributed by atoms with Crippen molar-refractivity contribution in [3.63, 3.8) is 0 Å². The summed E-state index contributed by atoms with van der Waals surface area (Å²) < 4.78 is 0. The van der Waals surface area contributed by atoms with Crippen LogP contribution in [0.1, 0.15) is 19.8 Å². The normalized spacial score (nSPS) is 11.5. The molecule has 0 aliphatic heterocycles. The minimum atomic E-state index is -1.15. The molecule has 0 heterocycles. The second-order valence-corrected chi connectivity index (χ2v) is 2.59. The zero-order valence-electron chi connectivity index (χ0n) is 7.23. The van der Waals surface area contributed by atoms with E-state index in [4.69, 9.17) is 16.4 Å². The van der Waals surface area contributed by atoms with Crippen molar-refractivity contribution in [2.75, 3.05) is 0 Å². The summed E-state index contributed by atoms with van der Waals surface area (Å²) in [6, 6.07) is -1.05. The van der Waals surface area contributed by atoms with Crippen LogP contribution in [-0.2, 0) is 9.59 Å². The zero-order valence-corrected chi connectivity index (χ0v) is 7.23. The number of aliphatic carboxylic acids is 1. The lowest BCUT2D eigenvalue weighted by Crippen LogP contribution is -2.31. The Morgan fingerprint density at radius 3 is 2.54 bits per heavy atom. The number of carbonyl (C=O) groups is 2. The quantitative estimate of drug-likeness (QED) is 0.339. The maximum atomic E-state index is 11.0. The predicted molar refractivity (Wildman–Crippen MR) is 44.2 cm³/mol. The van der Waals surface area contributed by atoms with Crippen LogP contribution in [0.3, 0.4) is 0 Å². The number of hydrogen-bond donors (Lipinski definition) is 2. The van der Waals surface area contributed by atoms with Crippen molar-refractivity contribution in [1.29, 1.82) is 0 Å². The van der Waals surface area contributed by atoms with Crippen molar-refractivity contribution in [1.82, 2.24) is 0 Å². The predicted octanol–water partition coefficient (Wildman–Crippen LogP) is -0.562. The molecule has 0 aromatic carbocycles. The van der Waals surface area contributed by atoms with Gasteiger partial charge in [-0.05, 0) is 6.42 Å². The van der Waals surface area contributed by atoms with Crippen molar-refractivity contribution in [2.45, 2.75) is 25.8 Å². The molecule has 0 saturated heterocycles. The van der Waals surface area contributed by atoms with Gasteiger partial charge in [-0.25, -0.2) is 0 Å². The summed E-state index contributed by atoms with van der Waals surface area (Å²) in [5.41, 5.74) is 13.3. The molecule has 6 heteroatoms. The lowest BCUT2D eigenvalue weighted by molar-refractivity contribution is -0.138. The molecule has 0 spiro atoms. The number of ketones is 1. The minimum absolute atomic E-state index is 0.0244. The highest BCUT2D eigenvalue weighted by Crippen LogP contribution is 1.96. The lowest BCUT2D eigenvalue weighted by Gasteiger charge is -2.02. The Balaban J connectivity index is 3.97. The first-order chi connectivity index (χ1) is 5.99. The Morgan fingerprint density at radius 1 is 1.62 bits per heavy atom. The van der Waals surface area contributed by atoms with Crippen molar-refractivity contribution in [3.8, 4) is 0 Å². The third-order valence-electron chi connectivity index (χ3n) is 1.55. The monoisotopic (exact) mass is 185 g/mol. The number of nitrogens with zero attached hydrogens (tertiary/aromatic N) is 2. The zero-order chi connectivity index (χ0) is 10.4. The molecule has 0 aliphatic rings. The Morgan fingerprint density at radius 2 is 2.15 bits per heavy atom. The Kier molecular flexibility index (Phi) is 4.58. The summed E-state index contributed by atoms with van der Waals surface area (Å²) in [4.78, 5) is 23.9. The van der Waals surface area contributed by atoms with Gasteiger partial charge >= 0.3 is 11.7 Å². The molecule has 13 heavy (non-hydrogen) atoms. The van der Waals surface area contributed by atoms with Gasteiger partial charge in [0.1, 0.15) is 6.04 Å². The molecule has 72 valence electrons. The van der Waals surface area contributed by atoms with Gasteiger partial charge in [-0.3, -0.25) is 9.59 Å². The van der Waals surface area contributed by atoms with E-state index in [9.17, 15) is 9.59 Å². The number of Topliss-reactive ketones (excluding diaryl/α,β-unsaturated/α-hetero) is 1. The van der Waals surface area contributed by atoms with E-state index in [0.717, 1.165) is 0 Å². The third kappa shape index (κ3) is 4.15. The van der Waals surface area contributed by atoms with Crippen LogP contribution in [-0.4, -0.2) is 33.4 Å². The highest BCUT2D eigenvalue weighted by atomic mass is 16.4. The van der Waals surface area contributed by atoms with Gasteiger partial charge in [-0.1, -0.05) is 0 Å². The fourth-order valence-electron chi connectivity index (χ4n) is 0.647. The standard InChI is InChI=1S/C7H11N3O3/c1-4(10-9)6(11)3-2-5(8)7(12)13/h5H,2-3,8H2,1H3,(H,12,13)/t5-/m0/s1. The first-order valence-electron chi connectivity index (χ1n) is 3.69. The molecular formula is C7H11N3O3. The van der Waals surface area contributed by atoms with Gasteiger partial charge in [0.25, 0.3) is 0 Å². The highest BCUT2D eigenvalue weighted by Gasteiger charge is 2.17. The van der Waals surface area contributed by atoms with Gasteiger partial charge < -0.3 is 16.4 Å². The van der Waals surface area contributed by atoms with Crippen LogP contribution in [0.15, 0.2) is 0 Å². The number of nitrogens with two attached hydrogens (primary N) is 1. The number of carboxylic acid groups (broad SMARTS) is 1. The third-order valence-corrected chi connectivity index (χ3v) is 1.55. The summed E-state index contributed by atoms with van der Waals surface area (Å²) in [6.07, 6.45) is 0.0182. The highest BCUT2D eigenvalue weighted by molar-refractivity contribution is 6.36. The van der Waals surface area contributed by atoms with Crippen LogP contribution in [0.2, 0.25) is 0 Å². The maximum absolute atomic E-state index is 11.0. The van der Waals surface area contributed by atoms with Crippen molar-refractivity contribution in [3.05, 3.63) is 5.53 Å². The van der Waals surface area contributed by atoms with Crippen LogP contribution in [0, 0.1) is 0 Å². The molecule has 0 rings (SSSR count). The van der Waals surface area contributed by atoms with E-state index >= 15 is 0 Å². The molecule has 1 atom stereocenters. The van der Waals surface area contributed by atoms with Gasteiger partial charge in [0.2, 0.25) is 5.78 Å². The summed E-state index contributed by atoms with van der Waals surface area (Å²) >= 11 is 0. The second-order valence-electron chi connectivity index (χ2n) is 2.59. The molecule has 0 aliphatic carbocycles.